The monoisotopic (exact) mass is 305 g/mol. The van der Waals surface area contributed by atoms with Crippen molar-refractivity contribution in [1.82, 2.24) is 5.32 Å². The topological polar surface area (TPSA) is 49.3 Å². The summed E-state index contributed by atoms with van der Waals surface area (Å²) in [5.41, 5.74) is -2.41. The van der Waals surface area contributed by atoms with Gasteiger partial charge in [-0.3, -0.25) is 4.79 Å². The molecule has 2 N–H and O–H groups in total. The third-order valence-corrected chi connectivity index (χ3v) is 4.37. The van der Waals surface area contributed by atoms with Crippen LogP contribution < -0.4 is 5.32 Å². The van der Waals surface area contributed by atoms with Gasteiger partial charge in [0.1, 0.15) is 0 Å². The molecule has 20 heavy (non-hydrogen) atoms. The Balaban J connectivity index is 2.10. The summed E-state index contributed by atoms with van der Waals surface area (Å²) < 4.78 is 38.4. The number of aliphatic hydroxyl groups is 1. The number of hydrogen-bond acceptors (Lipinski definition) is 3. The van der Waals surface area contributed by atoms with Crippen molar-refractivity contribution in [2.75, 3.05) is 18.1 Å². The number of nitrogens with one attached hydrogen (secondary N) is 1. The van der Waals surface area contributed by atoms with Crippen molar-refractivity contribution < 1.29 is 23.1 Å². The van der Waals surface area contributed by atoms with Crippen LogP contribution in [0.1, 0.15) is 22.3 Å². The minimum atomic E-state index is -4.58. The van der Waals surface area contributed by atoms with Crippen LogP contribution in [0.2, 0.25) is 0 Å². The Morgan fingerprint density at radius 3 is 2.70 bits per heavy atom. The fourth-order valence-corrected chi connectivity index (χ4v) is 3.30. The van der Waals surface area contributed by atoms with Crippen LogP contribution in [-0.2, 0) is 6.18 Å². The van der Waals surface area contributed by atoms with Gasteiger partial charge in [0.25, 0.3) is 5.91 Å². The zero-order valence-electron chi connectivity index (χ0n) is 10.5. The minimum absolute atomic E-state index is 0.0367. The van der Waals surface area contributed by atoms with E-state index in [-0.39, 0.29) is 6.54 Å². The van der Waals surface area contributed by atoms with Crippen LogP contribution in [0.4, 0.5) is 13.2 Å². The summed E-state index contributed by atoms with van der Waals surface area (Å²) in [4.78, 5) is 11.9. The molecule has 1 fully saturated rings. The predicted molar refractivity (Wildman–Crippen MR) is 70.7 cm³/mol. The van der Waals surface area contributed by atoms with Crippen LogP contribution in [0.5, 0.6) is 0 Å². The molecule has 1 heterocycles. The molecule has 0 saturated carbocycles. The van der Waals surface area contributed by atoms with E-state index in [1.807, 2.05) is 0 Å². The van der Waals surface area contributed by atoms with Crippen LogP contribution in [0.25, 0.3) is 0 Å². The van der Waals surface area contributed by atoms with Crippen molar-refractivity contribution >= 4 is 17.7 Å². The predicted octanol–water partition coefficient (Wildman–Crippen LogP) is 2.30. The maximum atomic E-state index is 12.8. The highest BCUT2D eigenvalue weighted by atomic mass is 32.2. The standard InChI is InChI=1S/C13H14F3NO2S/c14-13(15,16)10-4-2-1-3-9(10)11(18)17-7-12(19)5-6-20-8-12/h1-4,19H,5-8H2,(H,17,18). The van der Waals surface area contributed by atoms with Gasteiger partial charge in [0.05, 0.1) is 16.7 Å². The highest BCUT2D eigenvalue weighted by Crippen LogP contribution is 2.32. The van der Waals surface area contributed by atoms with Crippen LogP contribution in [0.15, 0.2) is 24.3 Å². The Morgan fingerprint density at radius 1 is 1.40 bits per heavy atom. The molecule has 0 aromatic heterocycles. The lowest BCUT2D eigenvalue weighted by molar-refractivity contribution is -0.137. The summed E-state index contributed by atoms with van der Waals surface area (Å²) in [6.45, 7) is -0.0367. The zero-order valence-corrected chi connectivity index (χ0v) is 11.4. The first-order chi connectivity index (χ1) is 9.32. The third-order valence-electron chi connectivity index (χ3n) is 3.14. The van der Waals surface area contributed by atoms with E-state index in [1.165, 1.54) is 12.1 Å². The van der Waals surface area contributed by atoms with Gasteiger partial charge < -0.3 is 10.4 Å². The fraction of sp³-hybridized carbons (Fsp3) is 0.462. The number of alkyl halides is 3. The zero-order chi connectivity index (χ0) is 14.8. The highest BCUT2D eigenvalue weighted by Gasteiger charge is 2.36. The van der Waals surface area contributed by atoms with Crippen molar-refractivity contribution in [1.29, 1.82) is 0 Å². The Labute approximate surface area is 118 Å². The summed E-state index contributed by atoms with van der Waals surface area (Å²) in [6.07, 6.45) is -4.05. The lowest BCUT2D eigenvalue weighted by atomic mass is 10.0. The summed E-state index contributed by atoms with van der Waals surface area (Å²) in [5.74, 6) is 0.447. The molecule has 1 aromatic carbocycles. The second kappa shape index (κ2) is 5.65. The second-order valence-electron chi connectivity index (χ2n) is 4.75. The molecule has 1 saturated heterocycles. The third kappa shape index (κ3) is 3.46. The summed E-state index contributed by atoms with van der Waals surface area (Å²) in [5, 5.41) is 12.5. The normalized spacial score (nSPS) is 22.8. The van der Waals surface area contributed by atoms with E-state index in [9.17, 15) is 23.1 Å². The van der Waals surface area contributed by atoms with E-state index in [4.69, 9.17) is 0 Å². The Kier molecular flexibility index (Phi) is 4.29. The first-order valence-electron chi connectivity index (χ1n) is 6.06. The number of halogens is 3. The molecule has 7 heteroatoms. The first kappa shape index (κ1) is 15.2. The molecule has 2 rings (SSSR count). The molecular weight excluding hydrogens is 291 g/mol. The van der Waals surface area contributed by atoms with E-state index in [2.05, 4.69) is 5.32 Å². The number of amides is 1. The van der Waals surface area contributed by atoms with Gasteiger partial charge in [0, 0.05) is 12.3 Å². The van der Waals surface area contributed by atoms with Gasteiger partial charge in [-0.05, 0) is 24.3 Å². The van der Waals surface area contributed by atoms with Gasteiger partial charge in [-0.2, -0.15) is 24.9 Å². The van der Waals surface area contributed by atoms with Gasteiger partial charge in [-0.1, -0.05) is 12.1 Å². The van der Waals surface area contributed by atoms with Crippen molar-refractivity contribution in [2.45, 2.75) is 18.2 Å². The van der Waals surface area contributed by atoms with Crippen LogP contribution in [-0.4, -0.2) is 34.7 Å². The molecule has 3 nitrogen and oxygen atoms in total. The summed E-state index contributed by atoms with van der Waals surface area (Å²) in [6, 6.07) is 4.62. The van der Waals surface area contributed by atoms with Gasteiger partial charge in [-0.15, -0.1) is 0 Å². The van der Waals surface area contributed by atoms with Crippen molar-refractivity contribution in [3.05, 3.63) is 35.4 Å². The van der Waals surface area contributed by atoms with Crippen LogP contribution >= 0.6 is 11.8 Å². The quantitative estimate of drug-likeness (QED) is 0.901. The maximum Gasteiger partial charge on any atom is 0.417 e. The van der Waals surface area contributed by atoms with Crippen molar-refractivity contribution in [3.8, 4) is 0 Å². The first-order valence-corrected chi connectivity index (χ1v) is 7.22. The van der Waals surface area contributed by atoms with Crippen LogP contribution in [0.3, 0.4) is 0 Å². The highest BCUT2D eigenvalue weighted by molar-refractivity contribution is 7.99. The molecule has 0 spiro atoms. The van der Waals surface area contributed by atoms with E-state index in [0.29, 0.717) is 12.2 Å². The lowest BCUT2D eigenvalue weighted by Gasteiger charge is -2.22. The molecule has 0 bridgehead atoms. The number of thioether (sulfide) groups is 1. The van der Waals surface area contributed by atoms with Crippen molar-refractivity contribution in [3.63, 3.8) is 0 Å². The minimum Gasteiger partial charge on any atom is -0.387 e. The summed E-state index contributed by atoms with van der Waals surface area (Å²) in [7, 11) is 0. The smallest absolute Gasteiger partial charge is 0.387 e. The van der Waals surface area contributed by atoms with E-state index < -0.39 is 28.8 Å². The molecule has 1 atom stereocenters. The van der Waals surface area contributed by atoms with E-state index in [0.717, 1.165) is 17.9 Å². The molecule has 1 unspecified atom stereocenters. The van der Waals surface area contributed by atoms with Gasteiger partial charge in [-0.25, -0.2) is 0 Å². The maximum absolute atomic E-state index is 12.8. The molecule has 110 valence electrons. The molecule has 1 amide bonds. The number of benzene rings is 1. The Bertz CT molecular complexity index is 499. The number of hydrogen-bond donors (Lipinski definition) is 2. The molecule has 1 aliphatic rings. The molecule has 1 aliphatic heterocycles. The Hall–Kier alpha value is -1.21. The second-order valence-corrected chi connectivity index (χ2v) is 5.86. The number of carbonyl (C=O) groups excluding carboxylic acids is 1. The van der Waals surface area contributed by atoms with E-state index >= 15 is 0 Å². The largest absolute Gasteiger partial charge is 0.417 e. The van der Waals surface area contributed by atoms with Gasteiger partial charge in [0.2, 0.25) is 0 Å². The average Bonchev–Trinajstić information content (AvgIpc) is 2.82. The average molecular weight is 305 g/mol. The SMILES string of the molecule is O=C(NCC1(O)CCSC1)c1ccccc1C(F)(F)F. The van der Waals surface area contributed by atoms with Gasteiger partial charge >= 0.3 is 6.18 Å². The fourth-order valence-electron chi connectivity index (χ4n) is 2.00. The molecular formula is C13H14F3NO2S. The Morgan fingerprint density at radius 2 is 2.10 bits per heavy atom. The number of rotatable bonds is 3. The van der Waals surface area contributed by atoms with Crippen LogP contribution in [0, 0.1) is 0 Å². The number of carbonyl (C=O) groups is 1. The molecule has 0 aliphatic carbocycles. The molecule has 1 aromatic rings. The van der Waals surface area contributed by atoms with Gasteiger partial charge in [0.15, 0.2) is 0 Å². The van der Waals surface area contributed by atoms with Crippen molar-refractivity contribution in [2.24, 2.45) is 0 Å². The molecule has 0 radical (unpaired) electrons. The summed E-state index contributed by atoms with van der Waals surface area (Å²) >= 11 is 1.55. The lowest BCUT2D eigenvalue weighted by Crippen LogP contribution is -2.43. The van der Waals surface area contributed by atoms with E-state index in [1.54, 1.807) is 11.8 Å².